The Labute approximate surface area is 156 Å². The first-order chi connectivity index (χ1) is 13.3. The zero-order valence-corrected chi connectivity index (χ0v) is 14.6. The molecule has 132 valence electrons. The first-order valence-corrected chi connectivity index (χ1v) is 8.85. The number of amides is 1. The van der Waals surface area contributed by atoms with E-state index in [-0.39, 0.29) is 5.91 Å². The number of fused-ring (bicyclic) bond motifs is 2. The van der Waals surface area contributed by atoms with Crippen LogP contribution in [0.1, 0.15) is 27.2 Å². The Morgan fingerprint density at radius 2 is 1.74 bits per heavy atom. The minimum Gasteiger partial charge on any atom is -0.330 e. The van der Waals surface area contributed by atoms with Crippen LogP contribution >= 0.6 is 0 Å². The zero-order chi connectivity index (χ0) is 18.2. The monoisotopic (exact) mass is 355 g/mol. The summed E-state index contributed by atoms with van der Waals surface area (Å²) in [5.41, 5.74) is 5.39. The van der Waals surface area contributed by atoms with Crippen LogP contribution in [-0.2, 0) is 19.6 Å². The predicted octanol–water partition coefficient (Wildman–Crippen LogP) is 3.03. The molecule has 0 aliphatic carbocycles. The number of aromatic nitrogens is 4. The van der Waals surface area contributed by atoms with Crippen LogP contribution in [0.3, 0.4) is 0 Å². The molecule has 0 unspecified atom stereocenters. The van der Waals surface area contributed by atoms with Crippen LogP contribution in [-0.4, -0.2) is 30.3 Å². The molecule has 0 spiro atoms. The molecule has 5 rings (SSSR count). The van der Waals surface area contributed by atoms with Crippen molar-refractivity contribution in [2.24, 2.45) is 0 Å². The normalized spacial score (nSPS) is 13.1. The molecule has 3 aromatic heterocycles. The van der Waals surface area contributed by atoms with E-state index in [0.29, 0.717) is 30.7 Å². The molecule has 0 bridgehead atoms. The van der Waals surface area contributed by atoms with Crippen molar-refractivity contribution in [2.45, 2.75) is 19.6 Å². The lowest BCUT2D eigenvalue weighted by atomic mass is 10.1. The van der Waals surface area contributed by atoms with Crippen molar-refractivity contribution in [3.63, 3.8) is 0 Å². The fourth-order valence-corrected chi connectivity index (χ4v) is 3.51. The van der Waals surface area contributed by atoms with Crippen LogP contribution < -0.4 is 0 Å². The predicted molar refractivity (Wildman–Crippen MR) is 101 cm³/mol. The number of hydrogen-bond donors (Lipinski definition) is 0. The van der Waals surface area contributed by atoms with Gasteiger partial charge in [-0.2, -0.15) is 0 Å². The Bertz CT molecular complexity index is 1110. The fourth-order valence-electron chi connectivity index (χ4n) is 3.51. The molecule has 4 heterocycles. The third-order valence-electron chi connectivity index (χ3n) is 4.89. The third-order valence-corrected chi connectivity index (χ3v) is 4.89. The van der Waals surface area contributed by atoms with Gasteiger partial charge in [-0.15, -0.1) is 0 Å². The van der Waals surface area contributed by atoms with Crippen LogP contribution in [0, 0.1) is 0 Å². The molecule has 1 amide bonds. The minimum atomic E-state index is -0.0140. The van der Waals surface area contributed by atoms with Crippen molar-refractivity contribution in [2.75, 3.05) is 0 Å². The minimum absolute atomic E-state index is 0.0140. The summed E-state index contributed by atoms with van der Waals surface area (Å²) < 4.78 is 1.94. The summed E-state index contributed by atoms with van der Waals surface area (Å²) in [5, 5.41) is 0. The van der Waals surface area contributed by atoms with E-state index in [0.717, 1.165) is 11.3 Å². The summed E-state index contributed by atoms with van der Waals surface area (Å²) in [5.74, 6) is -0.0140. The van der Waals surface area contributed by atoms with Gasteiger partial charge in [0.25, 0.3) is 5.91 Å². The van der Waals surface area contributed by atoms with E-state index in [1.807, 2.05) is 45.9 Å². The molecule has 0 atom stereocenters. The Morgan fingerprint density at radius 3 is 2.48 bits per heavy atom. The highest BCUT2D eigenvalue weighted by Gasteiger charge is 2.24. The van der Waals surface area contributed by atoms with Crippen LogP contribution in [0.25, 0.3) is 11.2 Å². The lowest BCUT2D eigenvalue weighted by Crippen LogP contribution is -2.25. The number of benzene rings is 1. The first kappa shape index (κ1) is 15.7. The highest BCUT2D eigenvalue weighted by molar-refractivity contribution is 5.96. The standard InChI is InChI=1S/C21H17N5O/c27-21(25-11-15-5-1-2-6-16(15)12-25)17-9-19-20(23-10-17)26(14-24-19)13-18-7-3-4-8-22-18/h1-10,14H,11-13H2. The van der Waals surface area contributed by atoms with E-state index >= 15 is 0 Å². The summed E-state index contributed by atoms with van der Waals surface area (Å²) in [6, 6.07) is 15.8. The van der Waals surface area contributed by atoms with E-state index in [1.165, 1.54) is 11.1 Å². The summed E-state index contributed by atoms with van der Waals surface area (Å²) in [6.07, 6.45) is 5.16. The van der Waals surface area contributed by atoms with Crippen LogP contribution in [0.2, 0.25) is 0 Å². The average molecular weight is 355 g/mol. The van der Waals surface area contributed by atoms with Crippen LogP contribution in [0.4, 0.5) is 0 Å². The van der Waals surface area contributed by atoms with Gasteiger partial charge in [-0.3, -0.25) is 9.78 Å². The summed E-state index contributed by atoms with van der Waals surface area (Å²) in [7, 11) is 0. The second-order valence-electron chi connectivity index (χ2n) is 6.69. The molecule has 0 N–H and O–H groups in total. The van der Waals surface area contributed by atoms with Gasteiger partial charge in [0.2, 0.25) is 0 Å². The van der Waals surface area contributed by atoms with Gasteiger partial charge < -0.3 is 9.47 Å². The molecule has 6 heteroatoms. The van der Waals surface area contributed by atoms with E-state index in [4.69, 9.17) is 0 Å². The lowest BCUT2D eigenvalue weighted by Gasteiger charge is -2.15. The molecule has 0 saturated heterocycles. The fraction of sp³-hybridized carbons (Fsp3) is 0.143. The lowest BCUT2D eigenvalue weighted by molar-refractivity contribution is 0.0751. The molecular formula is C21H17N5O. The zero-order valence-electron chi connectivity index (χ0n) is 14.6. The topological polar surface area (TPSA) is 63.9 Å². The second-order valence-corrected chi connectivity index (χ2v) is 6.69. The average Bonchev–Trinajstić information content (AvgIpc) is 3.32. The molecule has 1 aliphatic rings. The Morgan fingerprint density at radius 1 is 0.963 bits per heavy atom. The molecular weight excluding hydrogens is 338 g/mol. The first-order valence-electron chi connectivity index (χ1n) is 8.85. The third kappa shape index (κ3) is 2.85. The largest absolute Gasteiger partial charge is 0.330 e. The SMILES string of the molecule is O=C(c1cnc2c(c1)ncn2Cc1ccccn1)N1Cc2ccccc2C1. The quantitative estimate of drug-likeness (QED) is 0.567. The van der Waals surface area contributed by atoms with Crippen molar-refractivity contribution in [3.05, 3.63) is 89.6 Å². The van der Waals surface area contributed by atoms with Gasteiger partial charge in [-0.05, 0) is 29.3 Å². The van der Waals surface area contributed by atoms with Crippen molar-refractivity contribution < 1.29 is 4.79 Å². The van der Waals surface area contributed by atoms with Gasteiger partial charge in [-0.25, -0.2) is 9.97 Å². The molecule has 27 heavy (non-hydrogen) atoms. The van der Waals surface area contributed by atoms with Gasteiger partial charge in [-0.1, -0.05) is 30.3 Å². The van der Waals surface area contributed by atoms with Crippen LogP contribution in [0.15, 0.2) is 67.3 Å². The maximum atomic E-state index is 12.9. The van der Waals surface area contributed by atoms with E-state index in [2.05, 4.69) is 27.1 Å². The maximum Gasteiger partial charge on any atom is 0.256 e. The van der Waals surface area contributed by atoms with E-state index in [1.54, 1.807) is 18.7 Å². The molecule has 1 aromatic carbocycles. The Balaban J connectivity index is 1.40. The number of nitrogens with zero attached hydrogens (tertiary/aromatic N) is 5. The van der Waals surface area contributed by atoms with Gasteiger partial charge in [0.15, 0.2) is 5.65 Å². The van der Waals surface area contributed by atoms with Gasteiger partial charge in [0.1, 0.15) is 5.52 Å². The van der Waals surface area contributed by atoms with E-state index in [9.17, 15) is 4.79 Å². The molecule has 0 fully saturated rings. The van der Waals surface area contributed by atoms with Crippen molar-refractivity contribution in [3.8, 4) is 0 Å². The van der Waals surface area contributed by atoms with Gasteiger partial charge >= 0.3 is 0 Å². The molecule has 1 aliphatic heterocycles. The maximum absolute atomic E-state index is 12.9. The number of imidazole rings is 1. The summed E-state index contributed by atoms with van der Waals surface area (Å²) >= 11 is 0. The van der Waals surface area contributed by atoms with Crippen molar-refractivity contribution >= 4 is 17.1 Å². The number of carbonyl (C=O) groups is 1. The van der Waals surface area contributed by atoms with E-state index < -0.39 is 0 Å². The second kappa shape index (κ2) is 6.32. The van der Waals surface area contributed by atoms with Gasteiger partial charge in [0, 0.05) is 25.5 Å². The highest BCUT2D eigenvalue weighted by Crippen LogP contribution is 2.24. The Kier molecular flexibility index (Phi) is 3.67. The van der Waals surface area contributed by atoms with Gasteiger partial charge in [0.05, 0.1) is 24.1 Å². The number of carbonyl (C=O) groups excluding carboxylic acids is 1. The molecule has 0 radical (unpaired) electrons. The number of hydrogen-bond acceptors (Lipinski definition) is 4. The highest BCUT2D eigenvalue weighted by atomic mass is 16.2. The Hall–Kier alpha value is -3.54. The number of rotatable bonds is 3. The molecule has 0 saturated carbocycles. The van der Waals surface area contributed by atoms with Crippen molar-refractivity contribution in [1.82, 2.24) is 24.4 Å². The number of pyridine rings is 2. The summed E-state index contributed by atoms with van der Waals surface area (Å²) in [6.45, 7) is 1.88. The van der Waals surface area contributed by atoms with Crippen LogP contribution in [0.5, 0.6) is 0 Å². The molecule has 4 aromatic rings. The molecule has 6 nitrogen and oxygen atoms in total. The smallest absolute Gasteiger partial charge is 0.256 e. The summed E-state index contributed by atoms with van der Waals surface area (Å²) in [4.78, 5) is 28.0. The van der Waals surface area contributed by atoms with Crippen molar-refractivity contribution in [1.29, 1.82) is 0 Å².